The van der Waals surface area contributed by atoms with Gasteiger partial charge in [0, 0.05) is 6.04 Å². The van der Waals surface area contributed by atoms with E-state index in [-0.39, 0.29) is 10.5 Å². The summed E-state index contributed by atoms with van der Waals surface area (Å²) in [7, 11) is -3.90. The average Bonchev–Trinajstić information content (AvgIpc) is 2.35. The number of sulfonamides is 1. The lowest BCUT2D eigenvalue weighted by atomic mass is 10.2. The third kappa shape index (κ3) is 3.55. The largest absolute Gasteiger partial charge is 0.478 e. The van der Waals surface area contributed by atoms with Gasteiger partial charge in [0.1, 0.15) is 0 Å². The summed E-state index contributed by atoms with van der Waals surface area (Å²) in [4.78, 5) is 21.6. The third-order valence-electron chi connectivity index (χ3n) is 2.60. The summed E-state index contributed by atoms with van der Waals surface area (Å²) in [5.41, 5.74) is 5.03. The molecule has 0 atom stereocenters. The van der Waals surface area contributed by atoms with Crippen LogP contribution in [0.3, 0.4) is 0 Å². The first-order chi connectivity index (χ1) is 9.16. The molecule has 0 aliphatic rings. The monoisotopic (exact) mass is 300 g/mol. The molecule has 1 amide bonds. The molecular weight excluding hydrogens is 284 g/mol. The Kier molecular flexibility index (Phi) is 4.85. The van der Waals surface area contributed by atoms with Crippen molar-refractivity contribution in [3.8, 4) is 0 Å². The molecule has 0 aliphatic heterocycles. The third-order valence-corrected chi connectivity index (χ3v) is 4.63. The Morgan fingerprint density at radius 2 is 1.75 bits per heavy atom. The van der Waals surface area contributed by atoms with Crippen LogP contribution in [0.5, 0.6) is 0 Å². The van der Waals surface area contributed by atoms with Gasteiger partial charge in [-0.25, -0.2) is 13.2 Å². The molecular formula is C12H16N2O5S. The van der Waals surface area contributed by atoms with Gasteiger partial charge in [0.25, 0.3) is 0 Å². The van der Waals surface area contributed by atoms with Crippen molar-refractivity contribution in [2.24, 2.45) is 5.73 Å². The van der Waals surface area contributed by atoms with Gasteiger partial charge in [0.05, 0.1) is 17.0 Å². The molecule has 20 heavy (non-hydrogen) atoms. The van der Waals surface area contributed by atoms with Gasteiger partial charge in [-0.2, -0.15) is 4.31 Å². The molecule has 3 N–H and O–H groups in total. The molecule has 0 bridgehead atoms. The number of nitrogens with zero attached hydrogens (tertiary/aromatic N) is 1. The minimum absolute atomic E-state index is 0.0186. The molecule has 0 heterocycles. The van der Waals surface area contributed by atoms with Gasteiger partial charge in [0.2, 0.25) is 15.9 Å². The minimum atomic E-state index is -3.90. The molecule has 0 radical (unpaired) electrons. The van der Waals surface area contributed by atoms with Crippen molar-refractivity contribution in [1.82, 2.24) is 4.31 Å². The fourth-order valence-corrected chi connectivity index (χ4v) is 3.21. The van der Waals surface area contributed by atoms with E-state index in [0.717, 1.165) is 4.31 Å². The molecule has 0 aliphatic carbocycles. The van der Waals surface area contributed by atoms with Crippen molar-refractivity contribution >= 4 is 21.9 Å². The summed E-state index contributed by atoms with van der Waals surface area (Å²) in [6.07, 6.45) is 0. The summed E-state index contributed by atoms with van der Waals surface area (Å²) in [5, 5.41) is 8.77. The van der Waals surface area contributed by atoms with E-state index in [1.165, 1.54) is 24.3 Å². The van der Waals surface area contributed by atoms with Gasteiger partial charge in [-0.1, -0.05) is 0 Å². The van der Waals surface area contributed by atoms with E-state index in [9.17, 15) is 18.0 Å². The number of hydrogen-bond donors (Lipinski definition) is 2. The smallest absolute Gasteiger partial charge is 0.335 e. The van der Waals surface area contributed by atoms with Crippen LogP contribution in [0.2, 0.25) is 0 Å². The number of carboxylic acid groups (broad SMARTS) is 1. The SMILES string of the molecule is CC(C)N(CC(N)=O)S(=O)(=O)c1ccc(C(=O)O)cc1. The van der Waals surface area contributed by atoms with E-state index < -0.39 is 34.5 Å². The summed E-state index contributed by atoms with van der Waals surface area (Å²) in [6.45, 7) is 2.80. The number of nitrogens with two attached hydrogens (primary N) is 1. The normalized spacial score (nSPS) is 11.8. The zero-order valence-electron chi connectivity index (χ0n) is 11.1. The number of rotatable bonds is 6. The number of primary amides is 1. The zero-order valence-corrected chi connectivity index (χ0v) is 11.9. The van der Waals surface area contributed by atoms with Crippen LogP contribution in [0, 0.1) is 0 Å². The van der Waals surface area contributed by atoms with Crippen LogP contribution < -0.4 is 5.73 Å². The summed E-state index contributed by atoms with van der Waals surface area (Å²) < 4.78 is 25.7. The highest BCUT2D eigenvalue weighted by molar-refractivity contribution is 7.89. The van der Waals surface area contributed by atoms with Gasteiger partial charge < -0.3 is 10.8 Å². The second-order valence-corrected chi connectivity index (χ2v) is 6.33. The van der Waals surface area contributed by atoms with E-state index in [2.05, 4.69) is 0 Å². The van der Waals surface area contributed by atoms with Crippen LogP contribution in [-0.2, 0) is 14.8 Å². The number of benzene rings is 1. The molecule has 0 saturated carbocycles. The van der Waals surface area contributed by atoms with Gasteiger partial charge in [-0.3, -0.25) is 4.79 Å². The lowest BCUT2D eigenvalue weighted by Crippen LogP contribution is -2.42. The molecule has 0 fully saturated rings. The van der Waals surface area contributed by atoms with E-state index in [0.29, 0.717) is 0 Å². The Labute approximate surface area is 117 Å². The van der Waals surface area contributed by atoms with Crippen LogP contribution in [0.4, 0.5) is 0 Å². The molecule has 110 valence electrons. The highest BCUT2D eigenvalue weighted by Crippen LogP contribution is 2.18. The lowest BCUT2D eigenvalue weighted by Gasteiger charge is -2.24. The van der Waals surface area contributed by atoms with Crippen molar-refractivity contribution < 1.29 is 23.1 Å². The number of carbonyl (C=O) groups is 2. The fraction of sp³-hybridized carbons (Fsp3) is 0.333. The van der Waals surface area contributed by atoms with E-state index in [1.54, 1.807) is 13.8 Å². The van der Waals surface area contributed by atoms with Crippen LogP contribution in [0.25, 0.3) is 0 Å². The molecule has 0 saturated heterocycles. The molecule has 8 heteroatoms. The summed E-state index contributed by atoms with van der Waals surface area (Å²) in [5.74, 6) is -1.91. The van der Waals surface area contributed by atoms with E-state index >= 15 is 0 Å². The topological polar surface area (TPSA) is 118 Å². The van der Waals surface area contributed by atoms with Gasteiger partial charge in [-0.15, -0.1) is 0 Å². The Morgan fingerprint density at radius 1 is 1.25 bits per heavy atom. The molecule has 0 unspecified atom stereocenters. The quantitative estimate of drug-likeness (QED) is 0.781. The Hall–Kier alpha value is -1.93. The Bertz CT molecular complexity index is 607. The first kappa shape index (κ1) is 16.1. The maximum absolute atomic E-state index is 12.4. The summed E-state index contributed by atoms with van der Waals surface area (Å²) >= 11 is 0. The second kappa shape index (κ2) is 6.02. The number of amides is 1. The number of aromatic carboxylic acids is 1. The van der Waals surface area contributed by atoms with Crippen molar-refractivity contribution in [1.29, 1.82) is 0 Å². The average molecular weight is 300 g/mol. The lowest BCUT2D eigenvalue weighted by molar-refractivity contribution is -0.118. The van der Waals surface area contributed by atoms with E-state index in [4.69, 9.17) is 10.8 Å². The van der Waals surface area contributed by atoms with Crippen LogP contribution in [0.15, 0.2) is 29.2 Å². The van der Waals surface area contributed by atoms with Gasteiger partial charge in [0.15, 0.2) is 0 Å². The molecule has 1 aromatic rings. The highest BCUT2D eigenvalue weighted by atomic mass is 32.2. The highest BCUT2D eigenvalue weighted by Gasteiger charge is 2.28. The van der Waals surface area contributed by atoms with Crippen molar-refractivity contribution in [3.05, 3.63) is 29.8 Å². The standard InChI is InChI=1S/C12H16N2O5S/c1-8(2)14(7-11(13)15)20(18,19)10-5-3-9(4-6-10)12(16)17/h3-6,8H,7H2,1-2H3,(H2,13,15)(H,16,17). The predicted octanol–water partition coefficient (Wildman–Crippen LogP) is 0.269. The van der Waals surface area contributed by atoms with Crippen LogP contribution >= 0.6 is 0 Å². The van der Waals surface area contributed by atoms with E-state index in [1.807, 2.05) is 0 Å². The number of carbonyl (C=O) groups excluding carboxylic acids is 1. The Balaban J connectivity index is 3.19. The number of hydrogen-bond acceptors (Lipinski definition) is 4. The maximum Gasteiger partial charge on any atom is 0.335 e. The molecule has 1 rings (SSSR count). The summed E-state index contributed by atoms with van der Waals surface area (Å²) in [6, 6.07) is 4.31. The maximum atomic E-state index is 12.4. The molecule has 7 nitrogen and oxygen atoms in total. The van der Waals surface area contributed by atoms with Gasteiger partial charge >= 0.3 is 5.97 Å². The van der Waals surface area contributed by atoms with Gasteiger partial charge in [-0.05, 0) is 38.1 Å². The molecule has 0 aromatic heterocycles. The first-order valence-corrected chi connectivity index (χ1v) is 7.23. The predicted molar refractivity (Wildman–Crippen MR) is 71.6 cm³/mol. The van der Waals surface area contributed by atoms with Crippen LogP contribution in [-0.4, -0.2) is 42.3 Å². The molecule has 1 aromatic carbocycles. The van der Waals surface area contributed by atoms with Crippen LogP contribution in [0.1, 0.15) is 24.2 Å². The van der Waals surface area contributed by atoms with Crippen molar-refractivity contribution in [2.45, 2.75) is 24.8 Å². The molecule has 0 spiro atoms. The van der Waals surface area contributed by atoms with Crippen molar-refractivity contribution in [2.75, 3.05) is 6.54 Å². The fourth-order valence-electron chi connectivity index (χ4n) is 1.60. The zero-order chi connectivity index (χ0) is 15.5. The van der Waals surface area contributed by atoms with Crippen molar-refractivity contribution in [3.63, 3.8) is 0 Å². The second-order valence-electron chi connectivity index (χ2n) is 4.44. The minimum Gasteiger partial charge on any atom is -0.478 e. The number of carboxylic acids is 1. The Morgan fingerprint density at radius 3 is 2.10 bits per heavy atom. The first-order valence-electron chi connectivity index (χ1n) is 5.79.